The predicted molar refractivity (Wildman–Crippen MR) is 57.1 cm³/mol. The van der Waals surface area contributed by atoms with E-state index < -0.39 is 0 Å². The van der Waals surface area contributed by atoms with Gasteiger partial charge in [0.25, 0.3) is 0 Å². The molecule has 11 heavy (non-hydrogen) atoms. The Morgan fingerprint density at radius 2 is 1.36 bits per heavy atom. The van der Waals surface area contributed by atoms with Crippen LogP contribution in [0.25, 0.3) is 0 Å². The van der Waals surface area contributed by atoms with Gasteiger partial charge in [0.15, 0.2) is 0 Å². The van der Waals surface area contributed by atoms with E-state index in [2.05, 4.69) is 50.3 Å². The Labute approximate surface area is 74.6 Å². The van der Waals surface area contributed by atoms with Gasteiger partial charge in [0.1, 0.15) is 0 Å². The third-order valence-corrected chi connectivity index (χ3v) is 0.940. The van der Waals surface area contributed by atoms with Crippen molar-refractivity contribution in [3.63, 3.8) is 0 Å². The summed E-state index contributed by atoms with van der Waals surface area (Å²) >= 11 is 3.83. The van der Waals surface area contributed by atoms with Crippen LogP contribution in [0.5, 0.6) is 0 Å². The van der Waals surface area contributed by atoms with Crippen LogP contribution in [-0.2, 0) is 0 Å². The van der Waals surface area contributed by atoms with Crippen LogP contribution in [0.15, 0.2) is 43.5 Å². The Morgan fingerprint density at radius 3 is 1.55 bits per heavy atom. The van der Waals surface area contributed by atoms with Crippen molar-refractivity contribution in [2.24, 2.45) is 0 Å². The standard InChI is InChI=1S/C7H8.C2H4.CH2S/c1-7-5-3-2-4-6-7;2*1-2/h2-6H,1H3;1-2H2;1H2. The Bertz CT molecular complexity index is 156. The van der Waals surface area contributed by atoms with E-state index in [-0.39, 0.29) is 0 Å². The molecule has 0 bridgehead atoms. The Hall–Kier alpha value is -0.950. The van der Waals surface area contributed by atoms with Crippen LogP contribution in [0.1, 0.15) is 5.56 Å². The number of hydrogen-bond acceptors (Lipinski definition) is 1. The lowest BCUT2D eigenvalue weighted by atomic mass is 10.2. The molecular weight excluding hydrogens is 152 g/mol. The minimum atomic E-state index is 1.32. The first-order chi connectivity index (χ1) is 5.39. The first kappa shape index (κ1) is 12.7. The van der Waals surface area contributed by atoms with Gasteiger partial charge < -0.3 is 0 Å². The summed E-state index contributed by atoms with van der Waals surface area (Å²) in [6.45, 7) is 8.08. The van der Waals surface area contributed by atoms with Gasteiger partial charge in [0.2, 0.25) is 0 Å². The zero-order valence-corrected chi connectivity index (χ0v) is 7.73. The molecule has 1 heteroatoms. The fourth-order valence-corrected chi connectivity index (χ4v) is 0.534. The molecule has 0 fully saturated rings. The molecule has 0 spiro atoms. The van der Waals surface area contributed by atoms with Crippen molar-refractivity contribution in [1.82, 2.24) is 0 Å². The summed E-state index contributed by atoms with van der Waals surface area (Å²) in [5.74, 6) is 2.83. The minimum Gasteiger partial charge on any atom is -0.106 e. The predicted octanol–water partition coefficient (Wildman–Crippen LogP) is 3.41. The number of hydrogen-bond donors (Lipinski definition) is 0. The lowest BCUT2D eigenvalue weighted by molar-refractivity contribution is 1.48. The van der Waals surface area contributed by atoms with Crippen molar-refractivity contribution < 1.29 is 0 Å². The van der Waals surface area contributed by atoms with Crippen LogP contribution < -0.4 is 0 Å². The largest absolute Gasteiger partial charge is 0.106 e. The van der Waals surface area contributed by atoms with Gasteiger partial charge in [0, 0.05) is 0 Å². The highest BCUT2D eigenvalue weighted by molar-refractivity contribution is 7.77. The molecule has 1 aromatic rings. The average Bonchev–Trinajstić information content (AvgIpc) is 2.13. The second-order valence-corrected chi connectivity index (χ2v) is 1.65. The second-order valence-electron chi connectivity index (χ2n) is 1.65. The quantitative estimate of drug-likeness (QED) is 0.420. The van der Waals surface area contributed by atoms with E-state index in [1.807, 2.05) is 18.2 Å². The highest BCUT2D eigenvalue weighted by Gasteiger charge is 1.72. The van der Waals surface area contributed by atoms with Crippen LogP contribution >= 0.6 is 12.2 Å². The molecule has 0 amide bonds. The van der Waals surface area contributed by atoms with E-state index in [0.717, 1.165) is 0 Å². The first-order valence-corrected chi connectivity index (χ1v) is 3.78. The van der Waals surface area contributed by atoms with Gasteiger partial charge in [0.05, 0.1) is 0 Å². The highest BCUT2D eigenvalue weighted by atomic mass is 32.1. The SMILES string of the molecule is C=C.C=S.Cc1ccccc1. The zero-order valence-electron chi connectivity index (χ0n) is 6.92. The molecule has 0 heterocycles. The lowest BCUT2D eigenvalue weighted by Crippen LogP contribution is -1.62. The molecule has 0 radical (unpaired) electrons. The van der Waals surface area contributed by atoms with Crippen molar-refractivity contribution in [3.8, 4) is 0 Å². The Morgan fingerprint density at radius 1 is 1.00 bits per heavy atom. The topological polar surface area (TPSA) is 0 Å². The summed E-state index contributed by atoms with van der Waals surface area (Å²) < 4.78 is 0. The van der Waals surface area contributed by atoms with Crippen LogP contribution in [-0.4, -0.2) is 5.87 Å². The fourth-order valence-electron chi connectivity index (χ4n) is 0.534. The van der Waals surface area contributed by atoms with Crippen LogP contribution in [0.3, 0.4) is 0 Å². The van der Waals surface area contributed by atoms with E-state index in [1.165, 1.54) is 5.56 Å². The van der Waals surface area contributed by atoms with Crippen molar-refractivity contribution >= 4 is 18.1 Å². The van der Waals surface area contributed by atoms with Crippen molar-refractivity contribution in [1.29, 1.82) is 0 Å². The molecule has 0 aromatic heterocycles. The molecule has 60 valence electrons. The van der Waals surface area contributed by atoms with Crippen molar-refractivity contribution in [2.45, 2.75) is 6.92 Å². The van der Waals surface area contributed by atoms with Crippen LogP contribution in [0.2, 0.25) is 0 Å². The third-order valence-electron chi connectivity index (χ3n) is 0.940. The van der Waals surface area contributed by atoms with Gasteiger partial charge in [-0.2, -0.15) is 0 Å². The molecule has 0 unspecified atom stereocenters. The summed E-state index contributed by atoms with van der Waals surface area (Å²) in [5.41, 5.74) is 1.32. The van der Waals surface area contributed by atoms with Gasteiger partial charge in [-0.05, 0) is 12.8 Å². The maximum atomic E-state index is 3.83. The molecule has 1 rings (SSSR count). The van der Waals surface area contributed by atoms with Gasteiger partial charge in [-0.1, -0.05) is 48.1 Å². The van der Waals surface area contributed by atoms with Gasteiger partial charge in [-0.25, -0.2) is 0 Å². The molecule has 0 saturated heterocycles. The van der Waals surface area contributed by atoms with E-state index in [1.54, 1.807) is 0 Å². The number of aryl methyl sites for hydroxylation is 1. The summed E-state index contributed by atoms with van der Waals surface area (Å²) in [7, 11) is 0. The van der Waals surface area contributed by atoms with Gasteiger partial charge >= 0.3 is 0 Å². The molecule has 0 saturated carbocycles. The fraction of sp³-hybridized carbons (Fsp3) is 0.100. The Balaban J connectivity index is 0. The normalized spacial score (nSPS) is 6.27. The summed E-state index contributed by atoms with van der Waals surface area (Å²) in [6, 6.07) is 10.3. The summed E-state index contributed by atoms with van der Waals surface area (Å²) in [5, 5.41) is 0. The maximum Gasteiger partial charge on any atom is -0.0351 e. The maximum absolute atomic E-state index is 3.83. The Kier molecular flexibility index (Phi) is 13.6. The smallest absolute Gasteiger partial charge is 0.0351 e. The molecule has 0 atom stereocenters. The first-order valence-electron chi connectivity index (χ1n) is 3.20. The third kappa shape index (κ3) is 9.05. The number of thiocarbonyl (C=S) groups is 1. The van der Waals surface area contributed by atoms with E-state index in [4.69, 9.17) is 0 Å². The van der Waals surface area contributed by atoms with Crippen LogP contribution in [0.4, 0.5) is 0 Å². The van der Waals surface area contributed by atoms with Crippen molar-refractivity contribution in [2.75, 3.05) is 0 Å². The van der Waals surface area contributed by atoms with E-state index in [0.29, 0.717) is 0 Å². The number of benzene rings is 1. The molecule has 0 nitrogen and oxygen atoms in total. The second kappa shape index (κ2) is 11.8. The zero-order chi connectivity index (χ0) is 9.11. The number of rotatable bonds is 0. The molecule has 0 aliphatic carbocycles. The minimum absolute atomic E-state index is 1.32. The monoisotopic (exact) mass is 166 g/mol. The van der Waals surface area contributed by atoms with Gasteiger partial charge in [-0.3, -0.25) is 0 Å². The molecule has 1 aromatic carbocycles. The molecule has 0 N–H and O–H groups in total. The van der Waals surface area contributed by atoms with Crippen LogP contribution in [0, 0.1) is 6.92 Å². The van der Waals surface area contributed by atoms with Gasteiger partial charge in [-0.15, -0.1) is 13.2 Å². The van der Waals surface area contributed by atoms with E-state index >= 15 is 0 Å². The average molecular weight is 166 g/mol. The molecule has 0 aliphatic heterocycles. The summed E-state index contributed by atoms with van der Waals surface area (Å²) in [4.78, 5) is 0. The lowest BCUT2D eigenvalue weighted by Gasteiger charge is -1.82. The molecule has 0 aliphatic rings. The molecular formula is C10H14S. The van der Waals surface area contributed by atoms with Crippen molar-refractivity contribution in [3.05, 3.63) is 49.1 Å². The highest BCUT2D eigenvalue weighted by Crippen LogP contribution is 1.92. The van der Waals surface area contributed by atoms with E-state index in [9.17, 15) is 0 Å². The summed E-state index contributed by atoms with van der Waals surface area (Å²) in [6.07, 6.45) is 0.